The van der Waals surface area contributed by atoms with Crippen molar-refractivity contribution in [3.63, 3.8) is 0 Å². The maximum Gasteiger partial charge on any atom is 0.319 e. The summed E-state index contributed by atoms with van der Waals surface area (Å²) in [5.41, 5.74) is 0. The van der Waals surface area contributed by atoms with E-state index in [1.807, 2.05) is 13.8 Å². The lowest BCUT2D eigenvalue weighted by molar-refractivity contribution is -0.144. The third-order valence-electron chi connectivity index (χ3n) is 1.98. The first-order chi connectivity index (χ1) is 7.59. The average Bonchev–Trinajstić information content (AvgIpc) is 2.26. The van der Waals surface area contributed by atoms with Crippen LogP contribution in [-0.4, -0.2) is 44.8 Å². The van der Waals surface area contributed by atoms with Crippen LogP contribution in [0.25, 0.3) is 0 Å². The van der Waals surface area contributed by atoms with Gasteiger partial charge < -0.3 is 14.2 Å². The zero-order valence-corrected chi connectivity index (χ0v) is 11.2. The van der Waals surface area contributed by atoms with Gasteiger partial charge in [0, 0.05) is 20.1 Å². The van der Waals surface area contributed by atoms with Gasteiger partial charge >= 0.3 is 5.97 Å². The van der Waals surface area contributed by atoms with E-state index in [0.29, 0.717) is 32.8 Å². The van der Waals surface area contributed by atoms with Crippen LogP contribution < -0.4 is 0 Å². The fraction of sp³-hybridized carbons (Fsp3) is 0.909. The molecule has 0 aromatic carbocycles. The van der Waals surface area contributed by atoms with E-state index in [1.54, 1.807) is 7.11 Å². The molecule has 0 rings (SSSR count). The quantitative estimate of drug-likeness (QED) is 0.383. The molecule has 1 unspecified atom stereocenters. The minimum atomic E-state index is -0.339. The van der Waals surface area contributed by atoms with Gasteiger partial charge in [0.2, 0.25) is 0 Å². The van der Waals surface area contributed by atoms with Crippen molar-refractivity contribution in [3.05, 3.63) is 0 Å². The van der Waals surface area contributed by atoms with Gasteiger partial charge in [0.1, 0.15) is 5.25 Å². The standard InChI is InChI=1S/C11H22O4S/c1-9(2)10(16)11(12)15-6-4-5-14-8-7-13-3/h9-10,16H,4-8H2,1-3H3. The van der Waals surface area contributed by atoms with Crippen LogP contribution >= 0.6 is 12.6 Å². The van der Waals surface area contributed by atoms with Gasteiger partial charge in [0.05, 0.1) is 19.8 Å². The molecule has 0 spiro atoms. The molecule has 0 aliphatic heterocycles. The molecule has 0 aromatic rings. The SMILES string of the molecule is COCCOCCCOC(=O)C(S)C(C)C. The van der Waals surface area contributed by atoms with E-state index >= 15 is 0 Å². The average molecular weight is 250 g/mol. The Hall–Kier alpha value is -0.260. The molecule has 16 heavy (non-hydrogen) atoms. The van der Waals surface area contributed by atoms with Gasteiger partial charge in [-0.1, -0.05) is 13.8 Å². The van der Waals surface area contributed by atoms with E-state index in [0.717, 1.165) is 0 Å². The summed E-state index contributed by atoms with van der Waals surface area (Å²) in [6.07, 6.45) is 0.702. The molecule has 0 N–H and O–H groups in total. The van der Waals surface area contributed by atoms with Crippen molar-refractivity contribution in [1.29, 1.82) is 0 Å². The van der Waals surface area contributed by atoms with Crippen LogP contribution in [-0.2, 0) is 19.0 Å². The first-order valence-corrected chi connectivity index (χ1v) is 6.02. The third kappa shape index (κ3) is 7.96. The highest BCUT2D eigenvalue weighted by molar-refractivity contribution is 7.81. The Morgan fingerprint density at radius 3 is 2.44 bits per heavy atom. The van der Waals surface area contributed by atoms with Gasteiger partial charge in [-0.25, -0.2) is 0 Å². The number of carbonyl (C=O) groups is 1. The number of thiol groups is 1. The number of carbonyl (C=O) groups excluding carboxylic acids is 1. The van der Waals surface area contributed by atoms with Crippen LogP contribution in [0.2, 0.25) is 0 Å². The first-order valence-electron chi connectivity index (χ1n) is 5.51. The van der Waals surface area contributed by atoms with Crippen molar-refractivity contribution in [1.82, 2.24) is 0 Å². The molecule has 96 valence electrons. The van der Waals surface area contributed by atoms with Crippen molar-refractivity contribution in [2.45, 2.75) is 25.5 Å². The lowest BCUT2D eigenvalue weighted by atomic mass is 10.1. The summed E-state index contributed by atoms with van der Waals surface area (Å²) in [5.74, 6) is -0.0657. The van der Waals surface area contributed by atoms with Gasteiger partial charge in [-0.3, -0.25) is 4.79 Å². The van der Waals surface area contributed by atoms with E-state index in [9.17, 15) is 4.79 Å². The minimum Gasteiger partial charge on any atom is -0.465 e. The first kappa shape index (κ1) is 15.7. The molecule has 0 amide bonds. The van der Waals surface area contributed by atoms with Gasteiger partial charge in [-0.05, 0) is 5.92 Å². The molecular formula is C11H22O4S. The van der Waals surface area contributed by atoms with E-state index < -0.39 is 0 Å². The lowest BCUT2D eigenvalue weighted by Crippen LogP contribution is -2.23. The molecule has 0 bridgehead atoms. The van der Waals surface area contributed by atoms with Crippen LogP contribution in [0.4, 0.5) is 0 Å². The van der Waals surface area contributed by atoms with Crippen molar-refractivity contribution in [2.75, 3.05) is 33.5 Å². The van der Waals surface area contributed by atoms with Crippen molar-refractivity contribution in [3.8, 4) is 0 Å². The Bertz CT molecular complexity index is 185. The molecular weight excluding hydrogens is 228 g/mol. The highest BCUT2D eigenvalue weighted by Gasteiger charge is 2.18. The van der Waals surface area contributed by atoms with Crippen molar-refractivity contribution >= 4 is 18.6 Å². The van der Waals surface area contributed by atoms with Gasteiger partial charge in [0.25, 0.3) is 0 Å². The maximum absolute atomic E-state index is 11.4. The molecule has 0 fully saturated rings. The molecule has 0 radical (unpaired) electrons. The molecule has 4 nitrogen and oxygen atoms in total. The fourth-order valence-electron chi connectivity index (χ4n) is 0.936. The number of methoxy groups -OCH3 is 1. The summed E-state index contributed by atoms with van der Waals surface area (Å²) in [4.78, 5) is 11.4. The Balaban J connectivity index is 3.34. The summed E-state index contributed by atoms with van der Waals surface area (Å²) in [5, 5.41) is -0.339. The topological polar surface area (TPSA) is 44.8 Å². The van der Waals surface area contributed by atoms with Gasteiger partial charge in [0.15, 0.2) is 0 Å². The van der Waals surface area contributed by atoms with E-state index in [1.165, 1.54) is 0 Å². The van der Waals surface area contributed by atoms with Crippen LogP contribution in [0.1, 0.15) is 20.3 Å². The summed E-state index contributed by atoms with van der Waals surface area (Å²) < 4.78 is 15.1. The number of esters is 1. The second kappa shape index (κ2) is 9.93. The second-order valence-corrected chi connectivity index (χ2v) is 4.37. The number of rotatable bonds is 9. The van der Waals surface area contributed by atoms with Crippen molar-refractivity contribution in [2.24, 2.45) is 5.92 Å². The second-order valence-electron chi connectivity index (χ2n) is 3.82. The summed E-state index contributed by atoms with van der Waals surface area (Å²) in [6.45, 7) is 6.00. The minimum absolute atomic E-state index is 0.189. The molecule has 0 saturated heterocycles. The van der Waals surface area contributed by atoms with Crippen LogP contribution in [0, 0.1) is 5.92 Å². The summed E-state index contributed by atoms with van der Waals surface area (Å²) in [6, 6.07) is 0. The highest BCUT2D eigenvalue weighted by atomic mass is 32.1. The zero-order chi connectivity index (χ0) is 12.4. The largest absolute Gasteiger partial charge is 0.465 e. The molecule has 0 aliphatic rings. The molecule has 0 saturated carbocycles. The van der Waals surface area contributed by atoms with E-state index in [-0.39, 0.29) is 17.1 Å². The van der Waals surface area contributed by atoms with Crippen LogP contribution in [0.3, 0.4) is 0 Å². The Kier molecular flexibility index (Phi) is 9.77. The number of hydrogen-bond donors (Lipinski definition) is 1. The van der Waals surface area contributed by atoms with E-state index in [4.69, 9.17) is 14.2 Å². The predicted molar refractivity (Wildman–Crippen MR) is 65.9 cm³/mol. The third-order valence-corrected chi connectivity index (χ3v) is 2.79. The molecule has 5 heteroatoms. The predicted octanol–water partition coefficient (Wildman–Crippen LogP) is 1.54. The lowest BCUT2D eigenvalue weighted by Gasteiger charge is -2.13. The van der Waals surface area contributed by atoms with Gasteiger partial charge in [-0.15, -0.1) is 0 Å². The zero-order valence-electron chi connectivity index (χ0n) is 10.3. The van der Waals surface area contributed by atoms with Gasteiger partial charge in [-0.2, -0.15) is 12.6 Å². The Morgan fingerprint density at radius 1 is 1.19 bits per heavy atom. The number of hydrogen-bond acceptors (Lipinski definition) is 5. The molecule has 0 aromatic heterocycles. The highest BCUT2D eigenvalue weighted by Crippen LogP contribution is 2.10. The fourth-order valence-corrected chi connectivity index (χ4v) is 1.01. The monoisotopic (exact) mass is 250 g/mol. The van der Waals surface area contributed by atoms with Crippen LogP contribution in [0.15, 0.2) is 0 Å². The maximum atomic E-state index is 11.4. The molecule has 0 aliphatic carbocycles. The smallest absolute Gasteiger partial charge is 0.319 e. The Labute approximate surface area is 103 Å². The van der Waals surface area contributed by atoms with Crippen molar-refractivity contribution < 1.29 is 19.0 Å². The normalized spacial score (nSPS) is 12.8. The Morgan fingerprint density at radius 2 is 1.88 bits per heavy atom. The summed E-state index contributed by atoms with van der Waals surface area (Å²) >= 11 is 4.17. The molecule has 1 atom stereocenters. The van der Waals surface area contributed by atoms with Crippen LogP contribution in [0.5, 0.6) is 0 Å². The van der Waals surface area contributed by atoms with E-state index in [2.05, 4.69) is 12.6 Å². The number of ether oxygens (including phenoxy) is 3. The summed E-state index contributed by atoms with van der Waals surface area (Å²) in [7, 11) is 1.63. The molecule has 0 heterocycles.